The van der Waals surface area contributed by atoms with Crippen molar-refractivity contribution in [2.75, 3.05) is 39.3 Å². The van der Waals surface area contributed by atoms with E-state index in [9.17, 15) is 9.59 Å². The minimum absolute atomic E-state index is 0.0212. The van der Waals surface area contributed by atoms with Gasteiger partial charge in [0.2, 0.25) is 0 Å². The quantitative estimate of drug-likeness (QED) is 0.443. The number of likely N-dealkylation sites (tertiary alicyclic amines) is 1. The highest BCUT2D eigenvalue weighted by Gasteiger charge is 2.37. The smallest absolute Gasteiger partial charge is 0.282 e. The summed E-state index contributed by atoms with van der Waals surface area (Å²) in [7, 11) is 0. The van der Waals surface area contributed by atoms with E-state index in [0.29, 0.717) is 24.1 Å². The molecule has 0 saturated carbocycles. The van der Waals surface area contributed by atoms with Crippen LogP contribution in [-0.2, 0) is 0 Å². The predicted molar refractivity (Wildman–Crippen MR) is 135 cm³/mol. The maximum Gasteiger partial charge on any atom is 0.282 e. The summed E-state index contributed by atoms with van der Waals surface area (Å²) in [6.07, 6.45) is 5.55. The summed E-state index contributed by atoms with van der Waals surface area (Å²) in [6, 6.07) is 12.4. The Labute approximate surface area is 207 Å². The molecule has 2 saturated heterocycles. The number of hydrogen-bond acceptors (Lipinski definition) is 6. The second kappa shape index (κ2) is 8.90. The van der Waals surface area contributed by atoms with Gasteiger partial charge in [0.15, 0.2) is 5.01 Å². The van der Waals surface area contributed by atoms with Gasteiger partial charge in [-0.25, -0.2) is 4.98 Å². The Kier molecular flexibility index (Phi) is 5.58. The molecule has 178 valence electrons. The predicted octanol–water partition coefficient (Wildman–Crippen LogP) is 3.07. The number of aromatic nitrogens is 3. The molecule has 35 heavy (non-hydrogen) atoms. The highest BCUT2D eigenvalue weighted by Crippen LogP contribution is 2.25. The Morgan fingerprint density at radius 3 is 2.49 bits per heavy atom. The Hall–Kier alpha value is -3.56. The van der Waals surface area contributed by atoms with Gasteiger partial charge >= 0.3 is 0 Å². The van der Waals surface area contributed by atoms with E-state index in [0.717, 1.165) is 54.0 Å². The van der Waals surface area contributed by atoms with E-state index in [1.54, 1.807) is 6.20 Å². The molecule has 2 fully saturated rings. The number of carbonyl (C=O) groups excluding carboxylic acids is 2. The molecule has 4 aromatic rings. The molecule has 0 N–H and O–H groups in total. The highest BCUT2D eigenvalue weighted by molar-refractivity contribution is 7.11. The van der Waals surface area contributed by atoms with Gasteiger partial charge in [0, 0.05) is 79.7 Å². The number of nitrogens with zero attached hydrogens (tertiary/aromatic N) is 6. The summed E-state index contributed by atoms with van der Waals surface area (Å²) in [5.74, 6) is 0.0958. The summed E-state index contributed by atoms with van der Waals surface area (Å²) in [4.78, 5) is 40.3. The van der Waals surface area contributed by atoms with Crippen molar-refractivity contribution < 1.29 is 9.59 Å². The van der Waals surface area contributed by atoms with E-state index < -0.39 is 0 Å². The fraction of sp³-hybridized carbons (Fsp3) is 0.308. The lowest BCUT2D eigenvalue weighted by atomic mass is 10.0. The third-order valence-electron chi connectivity index (χ3n) is 6.99. The zero-order chi connectivity index (χ0) is 23.9. The minimum atomic E-state index is 0.0212. The standard InChI is InChI=1S/C26H26N6O2S/c1-18-2-4-21(15-28-18)32-8-6-19-14-20(3-5-23(19)32)25(33)31-16-22(17-31)29-9-11-30(12-10-29)26(34)24-27-7-13-35-24/h2-8,13-15,22H,9-12,16-17H2,1H3. The van der Waals surface area contributed by atoms with E-state index in [-0.39, 0.29) is 11.8 Å². The van der Waals surface area contributed by atoms with Crippen LogP contribution >= 0.6 is 11.3 Å². The third-order valence-corrected chi connectivity index (χ3v) is 7.75. The van der Waals surface area contributed by atoms with E-state index >= 15 is 0 Å². The average molecular weight is 487 g/mol. The molecule has 0 spiro atoms. The molecule has 0 bridgehead atoms. The van der Waals surface area contributed by atoms with Crippen LogP contribution < -0.4 is 0 Å². The zero-order valence-corrected chi connectivity index (χ0v) is 20.3. The molecule has 6 rings (SSSR count). The topological polar surface area (TPSA) is 74.6 Å². The number of fused-ring (bicyclic) bond motifs is 1. The van der Waals surface area contributed by atoms with Crippen molar-refractivity contribution in [1.82, 2.24) is 29.2 Å². The van der Waals surface area contributed by atoms with Crippen LogP contribution in [0, 0.1) is 6.92 Å². The van der Waals surface area contributed by atoms with Gasteiger partial charge < -0.3 is 14.4 Å². The van der Waals surface area contributed by atoms with Gasteiger partial charge in [0.05, 0.1) is 17.4 Å². The van der Waals surface area contributed by atoms with Gasteiger partial charge in [-0.2, -0.15) is 0 Å². The lowest BCUT2D eigenvalue weighted by Crippen LogP contribution is -2.64. The Balaban J connectivity index is 1.06. The van der Waals surface area contributed by atoms with E-state index in [1.165, 1.54) is 11.3 Å². The molecule has 0 atom stereocenters. The van der Waals surface area contributed by atoms with Crippen molar-refractivity contribution in [1.29, 1.82) is 0 Å². The molecule has 0 unspecified atom stereocenters. The maximum atomic E-state index is 13.1. The Bertz CT molecular complexity index is 1370. The van der Waals surface area contributed by atoms with Crippen molar-refractivity contribution in [2.24, 2.45) is 0 Å². The number of pyridine rings is 1. The molecule has 3 aromatic heterocycles. The van der Waals surface area contributed by atoms with Gasteiger partial charge in [0.1, 0.15) is 0 Å². The van der Waals surface area contributed by atoms with Gasteiger partial charge in [-0.1, -0.05) is 0 Å². The first kappa shape index (κ1) is 21.9. The lowest BCUT2D eigenvalue weighted by Gasteiger charge is -2.48. The molecular weight excluding hydrogens is 460 g/mol. The summed E-state index contributed by atoms with van der Waals surface area (Å²) < 4.78 is 2.09. The highest BCUT2D eigenvalue weighted by atomic mass is 32.1. The SMILES string of the molecule is Cc1ccc(-n2ccc3cc(C(=O)N4CC(N5CCN(C(=O)c6nccs6)CC5)C4)ccc32)cn1. The van der Waals surface area contributed by atoms with Crippen LogP contribution in [0.1, 0.15) is 25.9 Å². The number of aryl methyl sites for hydroxylation is 1. The van der Waals surface area contributed by atoms with Crippen molar-refractivity contribution in [3.8, 4) is 5.69 Å². The molecule has 0 aliphatic carbocycles. The first-order valence-corrected chi connectivity index (χ1v) is 12.7. The molecular formula is C26H26N6O2S. The van der Waals surface area contributed by atoms with Crippen LogP contribution in [0.15, 0.2) is 60.4 Å². The molecule has 2 aliphatic rings. The summed E-state index contributed by atoms with van der Waals surface area (Å²) in [6.45, 7) is 6.50. The second-order valence-corrected chi connectivity index (χ2v) is 10.0. The summed E-state index contributed by atoms with van der Waals surface area (Å²) >= 11 is 1.39. The van der Waals surface area contributed by atoms with Gasteiger partial charge in [-0.3, -0.25) is 19.5 Å². The number of thiazole rings is 1. The largest absolute Gasteiger partial charge is 0.335 e. The van der Waals surface area contributed by atoms with E-state index in [4.69, 9.17) is 0 Å². The molecule has 5 heterocycles. The Morgan fingerprint density at radius 2 is 1.77 bits per heavy atom. The molecule has 0 radical (unpaired) electrons. The zero-order valence-electron chi connectivity index (χ0n) is 19.5. The second-order valence-electron chi connectivity index (χ2n) is 9.15. The number of hydrogen-bond donors (Lipinski definition) is 0. The maximum absolute atomic E-state index is 13.1. The first-order chi connectivity index (χ1) is 17.1. The van der Waals surface area contributed by atoms with Crippen LogP contribution in [0.2, 0.25) is 0 Å². The number of carbonyl (C=O) groups is 2. The lowest BCUT2D eigenvalue weighted by molar-refractivity contribution is 0.00854. The molecule has 8 nitrogen and oxygen atoms in total. The van der Waals surface area contributed by atoms with Crippen LogP contribution in [0.4, 0.5) is 0 Å². The summed E-state index contributed by atoms with van der Waals surface area (Å²) in [5.41, 5.74) is 3.76. The molecule has 2 aliphatic heterocycles. The van der Waals surface area contributed by atoms with Crippen molar-refractivity contribution >= 4 is 34.1 Å². The monoisotopic (exact) mass is 486 g/mol. The molecule has 1 aromatic carbocycles. The number of piperazine rings is 1. The normalized spacial score (nSPS) is 17.1. The number of rotatable bonds is 4. The van der Waals surface area contributed by atoms with Crippen molar-refractivity contribution in [3.63, 3.8) is 0 Å². The van der Waals surface area contributed by atoms with Crippen molar-refractivity contribution in [2.45, 2.75) is 13.0 Å². The van der Waals surface area contributed by atoms with Gasteiger partial charge in [0.25, 0.3) is 11.8 Å². The van der Waals surface area contributed by atoms with E-state index in [1.807, 2.05) is 64.8 Å². The van der Waals surface area contributed by atoms with Crippen molar-refractivity contribution in [3.05, 3.63) is 76.6 Å². The van der Waals surface area contributed by atoms with Crippen LogP contribution in [0.25, 0.3) is 16.6 Å². The molecule has 9 heteroatoms. The Morgan fingerprint density at radius 1 is 0.943 bits per heavy atom. The van der Waals surface area contributed by atoms with Gasteiger partial charge in [-0.15, -0.1) is 11.3 Å². The van der Waals surface area contributed by atoms with Gasteiger partial charge in [-0.05, 0) is 43.3 Å². The number of amides is 2. The first-order valence-electron chi connectivity index (χ1n) is 11.8. The van der Waals surface area contributed by atoms with Crippen LogP contribution in [-0.4, -0.2) is 86.4 Å². The third kappa shape index (κ3) is 4.11. The van der Waals surface area contributed by atoms with Crippen LogP contribution in [0.3, 0.4) is 0 Å². The fourth-order valence-electron chi connectivity index (χ4n) is 4.89. The fourth-order valence-corrected chi connectivity index (χ4v) is 5.49. The van der Waals surface area contributed by atoms with E-state index in [2.05, 4.69) is 25.5 Å². The summed E-state index contributed by atoms with van der Waals surface area (Å²) in [5, 5.41) is 3.43. The van der Waals surface area contributed by atoms with Crippen LogP contribution in [0.5, 0.6) is 0 Å². The average Bonchev–Trinajstić information content (AvgIpc) is 3.54. The number of benzene rings is 1. The minimum Gasteiger partial charge on any atom is -0.335 e. The molecule has 2 amide bonds.